The van der Waals surface area contributed by atoms with E-state index in [2.05, 4.69) is 10.5 Å². The van der Waals surface area contributed by atoms with Gasteiger partial charge in [-0.15, -0.1) is 0 Å². The van der Waals surface area contributed by atoms with Crippen LogP contribution in [0.3, 0.4) is 0 Å². The van der Waals surface area contributed by atoms with Crippen molar-refractivity contribution in [3.63, 3.8) is 0 Å². The van der Waals surface area contributed by atoms with Gasteiger partial charge in [-0.1, -0.05) is 17.3 Å². The van der Waals surface area contributed by atoms with Crippen LogP contribution in [0.2, 0.25) is 0 Å². The van der Waals surface area contributed by atoms with Gasteiger partial charge in [0.05, 0.1) is 6.10 Å². The second kappa shape index (κ2) is 6.91. The molecular weight excluding hydrogens is 258 g/mol. The summed E-state index contributed by atoms with van der Waals surface area (Å²) in [5, 5.41) is 14.3. The minimum absolute atomic E-state index is 0.0209. The van der Waals surface area contributed by atoms with E-state index in [1.165, 1.54) is 0 Å². The molecule has 2 rings (SSSR count). The van der Waals surface area contributed by atoms with Crippen LogP contribution in [-0.2, 0) is 4.74 Å². The molecule has 1 unspecified atom stereocenters. The topological polar surface area (TPSA) is 96.9 Å². The number of hydrogen-bond donors (Lipinski definition) is 3. The van der Waals surface area contributed by atoms with Crippen LogP contribution in [0.1, 0.15) is 35.2 Å². The lowest BCUT2D eigenvalue weighted by atomic mass is 10.1. The zero-order chi connectivity index (χ0) is 14.4. The summed E-state index contributed by atoms with van der Waals surface area (Å²) in [7, 11) is 0. The molecule has 1 fully saturated rings. The maximum atomic E-state index is 12.0. The van der Waals surface area contributed by atoms with Crippen molar-refractivity contribution in [2.75, 3.05) is 13.2 Å². The highest BCUT2D eigenvalue weighted by atomic mass is 16.5. The Hall–Kier alpha value is -2.08. The molecule has 0 aliphatic carbocycles. The summed E-state index contributed by atoms with van der Waals surface area (Å²) in [6, 6.07) is 6.57. The lowest BCUT2D eigenvalue weighted by molar-refractivity contribution is 0.0169. The minimum Gasteiger partial charge on any atom is -0.409 e. The molecule has 1 amide bonds. The standard InChI is InChI=1S/C14H19N3O3/c15-13(17-19)10-4-6-11(7-5-10)14(18)16-9-12-3-1-2-8-20-12/h4-7,12,19H,1-3,8-9H2,(H2,15,17)(H,16,18). The lowest BCUT2D eigenvalue weighted by Crippen LogP contribution is -2.35. The Morgan fingerprint density at radius 2 is 2.05 bits per heavy atom. The number of carbonyl (C=O) groups is 1. The summed E-state index contributed by atoms with van der Waals surface area (Å²) in [6.45, 7) is 1.30. The number of amides is 1. The molecule has 6 nitrogen and oxygen atoms in total. The number of carbonyl (C=O) groups excluding carboxylic acids is 1. The van der Waals surface area contributed by atoms with Crippen LogP contribution in [0, 0.1) is 0 Å². The van der Waals surface area contributed by atoms with Crippen LogP contribution < -0.4 is 11.1 Å². The highest BCUT2D eigenvalue weighted by molar-refractivity contribution is 5.99. The Bertz CT molecular complexity index is 479. The Morgan fingerprint density at radius 1 is 1.35 bits per heavy atom. The first-order valence-corrected chi connectivity index (χ1v) is 6.68. The first-order chi connectivity index (χ1) is 9.70. The molecule has 20 heavy (non-hydrogen) atoms. The van der Waals surface area contributed by atoms with Crippen molar-refractivity contribution in [2.45, 2.75) is 25.4 Å². The van der Waals surface area contributed by atoms with E-state index >= 15 is 0 Å². The smallest absolute Gasteiger partial charge is 0.251 e. The predicted octanol–water partition coefficient (Wildman–Crippen LogP) is 1.08. The Balaban J connectivity index is 1.88. The number of hydrogen-bond acceptors (Lipinski definition) is 4. The Labute approximate surface area is 117 Å². The minimum atomic E-state index is -0.148. The van der Waals surface area contributed by atoms with Crippen LogP contribution in [0.25, 0.3) is 0 Å². The number of nitrogens with two attached hydrogens (primary N) is 1. The zero-order valence-electron chi connectivity index (χ0n) is 11.2. The summed E-state index contributed by atoms with van der Waals surface area (Å²) >= 11 is 0. The van der Waals surface area contributed by atoms with Gasteiger partial charge in [0.25, 0.3) is 5.91 Å². The van der Waals surface area contributed by atoms with Crippen LogP contribution in [-0.4, -0.2) is 36.2 Å². The zero-order valence-corrected chi connectivity index (χ0v) is 11.2. The third kappa shape index (κ3) is 3.71. The highest BCUT2D eigenvalue weighted by Crippen LogP contribution is 2.12. The number of benzene rings is 1. The van der Waals surface area contributed by atoms with E-state index in [0.717, 1.165) is 25.9 Å². The van der Waals surface area contributed by atoms with Crippen molar-refractivity contribution < 1.29 is 14.7 Å². The fraction of sp³-hybridized carbons (Fsp3) is 0.429. The van der Waals surface area contributed by atoms with Gasteiger partial charge in [-0.2, -0.15) is 0 Å². The van der Waals surface area contributed by atoms with Gasteiger partial charge in [-0.05, 0) is 31.4 Å². The van der Waals surface area contributed by atoms with E-state index in [1.54, 1.807) is 24.3 Å². The average Bonchev–Trinajstić information content (AvgIpc) is 2.53. The van der Waals surface area contributed by atoms with Crippen LogP contribution in [0.5, 0.6) is 0 Å². The summed E-state index contributed by atoms with van der Waals surface area (Å²) in [5.41, 5.74) is 6.57. The van der Waals surface area contributed by atoms with Gasteiger partial charge in [0.15, 0.2) is 5.84 Å². The van der Waals surface area contributed by atoms with Gasteiger partial charge in [-0.3, -0.25) is 4.79 Å². The number of amidine groups is 1. The van der Waals surface area contributed by atoms with Gasteiger partial charge < -0.3 is 21.0 Å². The number of nitrogens with one attached hydrogen (secondary N) is 1. The second-order valence-electron chi connectivity index (χ2n) is 4.76. The monoisotopic (exact) mass is 277 g/mol. The van der Waals surface area contributed by atoms with Crippen molar-refractivity contribution in [3.8, 4) is 0 Å². The van der Waals surface area contributed by atoms with E-state index < -0.39 is 0 Å². The number of rotatable bonds is 4. The van der Waals surface area contributed by atoms with Gasteiger partial charge in [0.1, 0.15) is 0 Å². The number of nitrogens with zero attached hydrogens (tertiary/aromatic N) is 1. The van der Waals surface area contributed by atoms with Crippen molar-refractivity contribution in [1.82, 2.24) is 5.32 Å². The summed E-state index contributed by atoms with van der Waals surface area (Å²) < 4.78 is 5.55. The summed E-state index contributed by atoms with van der Waals surface area (Å²) in [5.74, 6) is -0.127. The molecule has 1 aromatic carbocycles. The molecule has 0 saturated carbocycles. The average molecular weight is 277 g/mol. The molecule has 1 saturated heterocycles. The Morgan fingerprint density at radius 3 is 2.65 bits per heavy atom. The number of ether oxygens (including phenoxy) is 1. The molecule has 1 heterocycles. The number of oxime groups is 1. The third-order valence-corrected chi connectivity index (χ3v) is 3.31. The van der Waals surface area contributed by atoms with Crippen molar-refractivity contribution >= 4 is 11.7 Å². The molecule has 0 aromatic heterocycles. The van der Waals surface area contributed by atoms with E-state index in [0.29, 0.717) is 17.7 Å². The molecular formula is C14H19N3O3. The first-order valence-electron chi connectivity index (χ1n) is 6.68. The van der Waals surface area contributed by atoms with E-state index in [-0.39, 0.29) is 17.8 Å². The molecule has 1 aliphatic rings. The summed E-state index contributed by atoms with van der Waals surface area (Å²) in [4.78, 5) is 12.0. The van der Waals surface area contributed by atoms with Crippen molar-refractivity contribution in [3.05, 3.63) is 35.4 Å². The second-order valence-corrected chi connectivity index (χ2v) is 4.76. The van der Waals surface area contributed by atoms with Crippen molar-refractivity contribution in [1.29, 1.82) is 0 Å². The predicted molar refractivity (Wildman–Crippen MR) is 74.9 cm³/mol. The molecule has 1 atom stereocenters. The maximum absolute atomic E-state index is 12.0. The maximum Gasteiger partial charge on any atom is 0.251 e. The fourth-order valence-corrected chi connectivity index (χ4v) is 2.13. The van der Waals surface area contributed by atoms with Crippen molar-refractivity contribution in [2.24, 2.45) is 10.9 Å². The van der Waals surface area contributed by atoms with Crippen LogP contribution in [0.15, 0.2) is 29.4 Å². The van der Waals surface area contributed by atoms with Gasteiger partial charge >= 0.3 is 0 Å². The first kappa shape index (κ1) is 14.3. The lowest BCUT2D eigenvalue weighted by Gasteiger charge is -2.22. The molecule has 0 bridgehead atoms. The molecule has 108 valence electrons. The summed E-state index contributed by atoms with van der Waals surface area (Å²) in [6.07, 6.45) is 3.35. The molecule has 1 aromatic rings. The SMILES string of the molecule is NC(=NO)c1ccc(C(=O)NCC2CCCCO2)cc1. The van der Waals surface area contributed by atoms with E-state index in [4.69, 9.17) is 15.7 Å². The van der Waals surface area contributed by atoms with Crippen LogP contribution >= 0.6 is 0 Å². The quantitative estimate of drug-likeness (QED) is 0.332. The highest BCUT2D eigenvalue weighted by Gasteiger charge is 2.15. The van der Waals surface area contributed by atoms with Crippen LogP contribution in [0.4, 0.5) is 0 Å². The largest absolute Gasteiger partial charge is 0.409 e. The fourth-order valence-electron chi connectivity index (χ4n) is 2.13. The van der Waals surface area contributed by atoms with Gasteiger partial charge in [0.2, 0.25) is 0 Å². The van der Waals surface area contributed by atoms with Gasteiger partial charge in [-0.25, -0.2) is 0 Å². The van der Waals surface area contributed by atoms with Gasteiger partial charge in [0, 0.05) is 24.3 Å². The molecule has 4 N–H and O–H groups in total. The normalized spacial score (nSPS) is 19.6. The molecule has 0 spiro atoms. The molecule has 1 aliphatic heterocycles. The van der Waals surface area contributed by atoms with E-state index in [1.807, 2.05) is 0 Å². The Kier molecular flexibility index (Phi) is 4.95. The molecule has 6 heteroatoms. The third-order valence-electron chi connectivity index (χ3n) is 3.31. The van der Waals surface area contributed by atoms with E-state index in [9.17, 15) is 4.79 Å². The molecule has 0 radical (unpaired) electrons.